The fraction of sp³-hybridized carbons (Fsp3) is 0.667. The number of piperazine rings is 1. The summed E-state index contributed by atoms with van der Waals surface area (Å²) >= 11 is 0. The van der Waals surface area contributed by atoms with Crippen molar-refractivity contribution < 1.29 is 19.3 Å². The fourth-order valence-corrected chi connectivity index (χ4v) is 3.70. The molecule has 0 aliphatic carbocycles. The van der Waals surface area contributed by atoms with Gasteiger partial charge in [0.1, 0.15) is 0 Å². The van der Waals surface area contributed by atoms with Crippen LogP contribution in [0.3, 0.4) is 0 Å². The minimum atomic E-state index is 0.236. The van der Waals surface area contributed by atoms with E-state index in [1.165, 1.54) is 0 Å². The van der Waals surface area contributed by atoms with Crippen LogP contribution in [0, 0.1) is 0 Å². The van der Waals surface area contributed by atoms with Crippen molar-refractivity contribution in [2.75, 3.05) is 40.1 Å². The predicted octanol–water partition coefficient (Wildman–Crippen LogP) is 1.70. The third kappa shape index (κ3) is 3.61. The highest BCUT2D eigenvalue weighted by Crippen LogP contribution is 2.42. The molecule has 0 amide bonds. The van der Waals surface area contributed by atoms with E-state index in [0.717, 1.165) is 49.7 Å². The summed E-state index contributed by atoms with van der Waals surface area (Å²) in [5.41, 5.74) is 1.16. The molecule has 1 saturated heterocycles. The monoisotopic (exact) mass is 336 g/mol. The molecule has 6 heteroatoms. The summed E-state index contributed by atoms with van der Waals surface area (Å²) in [6.07, 6.45) is 0.819. The van der Waals surface area contributed by atoms with E-state index in [-0.39, 0.29) is 13.4 Å². The lowest BCUT2D eigenvalue weighted by Gasteiger charge is -2.43. The van der Waals surface area contributed by atoms with Crippen LogP contribution >= 0.6 is 0 Å². The Kier molecular flexibility index (Phi) is 5.48. The molecule has 3 rings (SSSR count). The lowest BCUT2D eigenvalue weighted by atomic mass is 10.1. The van der Waals surface area contributed by atoms with E-state index < -0.39 is 0 Å². The van der Waals surface area contributed by atoms with Crippen molar-refractivity contribution in [3.05, 3.63) is 17.7 Å². The van der Waals surface area contributed by atoms with Crippen LogP contribution in [0.15, 0.2) is 12.1 Å². The first-order chi connectivity index (χ1) is 11.6. The molecule has 1 fully saturated rings. The van der Waals surface area contributed by atoms with Crippen molar-refractivity contribution in [2.45, 2.75) is 38.9 Å². The Labute approximate surface area is 143 Å². The van der Waals surface area contributed by atoms with E-state index in [1.807, 2.05) is 12.1 Å². The lowest BCUT2D eigenvalue weighted by molar-refractivity contribution is 0.0349. The van der Waals surface area contributed by atoms with Crippen molar-refractivity contribution >= 4 is 0 Å². The molecule has 1 N–H and O–H groups in total. The highest BCUT2D eigenvalue weighted by molar-refractivity contribution is 5.55. The van der Waals surface area contributed by atoms with Crippen LogP contribution < -0.4 is 14.2 Å². The molecule has 0 radical (unpaired) electrons. The van der Waals surface area contributed by atoms with Gasteiger partial charge in [-0.05, 0) is 38.0 Å². The van der Waals surface area contributed by atoms with Crippen LogP contribution in [0.2, 0.25) is 0 Å². The number of benzene rings is 1. The van der Waals surface area contributed by atoms with Crippen molar-refractivity contribution in [3.63, 3.8) is 0 Å². The number of hydrogen-bond acceptors (Lipinski definition) is 6. The molecular weight excluding hydrogens is 308 g/mol. The maximum Gasteiger partial charge on any atom is 0.231 e. The van der Waals surface area contributed by atoms with Gasteiger partial charge in [-0.1, -0.05) is 0 Å². The minimum Gasteiger partial charge on any atom is -0.493 e. The Hall–Kier alpha value is -1.50. The molecule has 0 unspecified atom stereocenters. The number of aliphatic hydroxyl groups is 1. The number of methoxy groups -OCH3 is 1. The Bertz CT molecular complexity index is 564. The number of fused-ring (bicyclic) bond motifs is 1. The summed E-state index contributed by atoms with van der Waals surface area (Å²) in [4.78, 5) is 4.93. The van der Waals surface area contributed by atoms with Crippen LogP contribution in [0.4, 0.5) is 0 Å². The second kappa shape index (κ2) is 7.59. The zero-order valence-electron chi connectivity index (χ0n) is 14.8. The summed E-state index contributed by atoms with van der Waals surface area (Å²) in [7, 11) is 1.65. The van der Waals surface area contributed by atoms with Gasteiger partial charge in [-0.15, -0.1) is 0 Å². The van der Waals surface area contributed by atoms with Crippen molar-refractivity contribution in [2.24, 2.45) is 0 Å². The molecular formula is C18H28N2O4. The van der Waals surface area contributed by atoms with Crippen LogP contribution in [-0.4, -0.2) is 67.1 Å². The molecule has 0 spiro atoms. The Morgan fingerprint density at radius 2 is 2.12 bits per heavy atom. The highest BCUT2D eigenvalue weighted by atomic mass is 16.7. The molecule has 2 aliphatic heterocycles. The van der Waals surface area contributed by atoms with Gasteiger partial charge in [0.05, 0.1) is 7.11 Å². The zero-order chi connectivity index (χ0) is 17.1. The molecule has 0 aromatic heterocycles. The molecule has 1 aromatic carbocycles. The topological polar surface area (TPSA) is 54.4 Å². The number of aliphatic hydroxyl groups excluding tert-OH is 1. The standard InChI is InChI=1S/C18H28N2O4/c1-13(2)20-6-5-19(11-15(20)4-7-21)10-14-8-16(22-3)18-17(9-14)23-12-24-18/h8-9,13,15,21H,4-7,10-12H2,1-3H3/t15-/m1/s1. The van der Waals surface area contributed by atoms with Crippen LogP contribution in [-0.2, 0) is 6.54 Å². The van der Waals surface area contributed by atoms with Gasteiger partial charge in [0.25, 0.3) is 0 Å². The average molecular weight is 336 g/mol. The maximum atomic E-state index is 9.38. The molecule has 0 saturated carbocycles. The Morgan fingerprint density at radius 3 is 2.83 bits per heavy atom. The first-order valence-electron chi connectivity index (χ1n) is 8.67. The van der Waals surface area contributed by atoms with Crippen molar-refractivity contribution in [1.29, 1.82) is 0 Å². The number of nitrogens with zero attached hydrogens (tertiary/aromatic N) is 2. The van der Waals surface area contributed by atoms with Gasteiger partial charge < -0.3 is 19.3 Å². The second-order valence-corrected chi connectivity index (χ2v) is 6.76. The summed E-state index contributed by atoms with van der Waals surface area (Å²) in [6.45, 7) is 8.81. The van der Waals surface area contributed by atoms with Gasteiger partial charge >= 0.3 is 0 Å². The Morgan fingerprint density at radius 1 is 1.29 bits per heavy atom. The number of ether oxygens (including phenoxy) is 3. The first-order valence-corrected chi connectivity index (χ1v) is 8.67. The summed E-state index contributed by atoms with van der Waals surface area (Å²) in [5, 5.41) is 9.38. The molecule has 2 aliphatic rings. The average Bonchev–Trinajstić information content (AvgIpc) is 3.03. The summed E-state index contributed by atoms with van der Waals surface area (Å²) in [5.74, 6) is 2.19. The zero-order valence-corrected chi connectivity index (χ0v) is 14.8. The largest absolute Gasteiger partial charge is 0.493 e. The van der Waals surface area contributed by atoms with E-state index >= 15 is 0 Å². The first kappa shape index (κ1) is 17.3. The van der Waals surface area contributed by atoms with Gasteiger partial charge in [0.15, 0.2) is 11.5 Å². The van der Waals surface area contributed by atoms with Crippen LogP contribution in [0.5, 0.6) is 17.2 Å². The molecule has 2 heterocycles. The van der Waals surface area contributed by atoms with Gasteiger partial charge in [0, 0.05) is 44.9 Å². The third-order valence-electron chi connectivity index (χ3n) is 4.86. The van der Waals surface area contributed by atoms with Gasteiger partial charge in [-0.3, -0.25) is 9.80 Å². The van der Waals surface area contributed by atoms with E-state index in [1.54, 1.807) is 7.11 Å². The normalized spacial score (nSPS) is 21.5. The smallest absolute Gasteiger partial charge is 0.231 e. The second-order valence-electron chi connectivity index (χ2n) is 6.76. The maximum absolute atomic E-state index is 9.38. The Balaban J connectivity index is 1.70. The summed E-state index contributed by atoms with van der Waals surface area (Å²) in [6, 6.07) is 4.98. The lowest BCUT2D eigenvalue weighted by Crippen LogP contribution is -2.55. The van der Waals surface area contributed by atoms with Crippen LogP contribution in [0.25, 0.3) is 0 Å². The molecule has 1 atom stereocenters. The SMILES string of the molecule is COc1cc(CN2CCN(C(C)C)[C@H](CCO)C2)cc2c1OCO2. The van der Waals surface area contributed by atoms with Gasteiger partial charge in [0.2, 0.25) is 12.5 Å². The van der Waals surface area contributed by atoms with E-state index in [4.69, 9.17) is 14.2 Å². The van der Waals surface area contributed by atoms with Gasteiger partial charge in [-0.2, -0.15) is 0 Å². The molecule has 134 valence electrons. The molecule has 1 aromatic rings. The summed E-state index contributed by atoms with van der Waals surface area (Å²) < 4.78 is 16.4. The van der Waals surface area contributed by atoms with Crippen molar-refractivity contribution in [1.82, 2.24) is 9.80 Å². The van der Waals surface area contributed by atoms with E-state index in [2.05, 4.69) is 23.6 Å². The fourth-order valence-electron chi connectivity index (χ4n) is 3.70. The van der Waals surface area contributed by atoms with Gasteiger partial charge in [-0.25, -0.2) is 0 Å². The van der Waals surface area contributed by atoms with E-state index in [0.29, 0.717) is 17.8 Å². The molecule has 0 bridgehead atoms. The molecule has 6 nitrogen and oxygen atoms in total. The third-order valence-corrected chi connectivity index (χ3v) is 4.86. The molecule has 24 heavy (non-hydrogen) atoms. The minimum absolute atomic E-state index is 0.236. The quantitative estimate of drug-likeness (QED) is 0.853. The van der Waals surface area contributed by atoms with Crippen molar-refractivity contribution in [3.8, 4) is 17.2 Å². The predicted molar refractivity (Wildman–Crippen MR) is 91.7 cm³/mol. The number of rotatable bonds is 6. The van der Waals surface area contributed by atoms with Crippen LogP contribution in [0.1, 0.15) is 25.8 Å². The van der Waals surface area contributed by atoms with E-state index in [9.17, 15) is 5.11 Å². The highest BCUT2D eigenvalue weighted by Gasteiger charge is 2.29. The number of hydrogen-bond donors (Lipinski definition) is 1.